The van der Waals surface area contributed by atoms with Gasteiger partial charge in [0.15, 0.2) is 5.92 Å². The molecule has 0 spiro atoms. The molecular formula is C15H20BrNO4. The predicted octanol–water partition coefficient (Wildman–Crippen LogP) is 2.91. The summed E-state index contributed by atoms with van der Waals surface area (Å²) in [5.74, 6) is -2.16. The lowest BCUT2D eigenvalue weighted by Crippen LogP contribution is -2.33. The van der Waals surface area contributed by atoms with E-state index in [-0.39, 0.29) is 18.6 Å². The van der Waals surface area contributed by atoms with Gasteiger partial charge < -0.3 is 9.47 Å². The number of aromatic nitrogens is 1. The number of carbonyl (C=O) groups excluding carboxylic acids is 2. The number of nitrogens with zero attached hydrogens (tertiary/aromatic N) is 1. The Morgan fingerprint density at radius 2 is 1.62 bits per heavy atom. The van der Waals surface area contributed by atoms with E-state index >= 15 is 0 Å². The summed E-state index contributed by atoms with van der Waals surface area (Å²) in [5.41, 5.74) is 0.629. The highest BCUT2D eigenvalue weighted by molar-refractivity contribution is 9.10. The number of pyridine rings is 1. The molecule has 0 bridgehead atoms. The average molecular weight is 358 g/mol. The Morgan fingerprint density at radius 1 is 1.10 bits per heavy atom. The second-order valence-electron chi connectivity index (χ2n) is 5.20. The van der Waals surface area contributed by atoms with Crippen molar-refractivity contribution in [2.45, 2.75) is 46.3 Å². The van der Waals surface area contributed by atoms with Gasteiger partial charge in [-0.2, -0.15) is 0 Å². The molecule has 0 saturated heterocycles. The predicted molar refractivity (Wildman–Crippen MR) is 81.6 cm³/mol. The highest BCUT2D eigenvalue weighted by Crippen LogP contribution is 2.15. The third-order valence-corrected chi connectivity index (χ3v) is 2.94. The molecule has 1 heterocycles. The Labute approximate surface area is 133 Å². The highest BCUT2D eigenvalue weighted by atomic mass is 79.9. The fourth-order valence-corrected chi connectivity index (χ4v) is 1.86. The van der Waals surface area contributed by atoms with Crippen LogP contribution in [0.1, 0.15) is 33.4 Å². The van der Waals surface area contributed by atoms with Crippen molar-refractivity contribution in [1.82, 2.24) is 4.98 Å². The van der Waals surface area contributed by atoms with Gasteiger partial charge in [-0.05, 0) is 55.8 Å². The summed E-state index contributed by atoms with van der Waals surface area (Å²) in [7, 11) is 0. The molecule has 0 saturated carbocycles. The number of halogens is 1. The van der Waals surface area contributed by atoms with Gasteiger partial charge in [0.2, 0.25) is 0 Å². The van der Waals surface area contributed by atoms with Crippen molar-refractivity contribution in [2.24, 2.45) is 5.92 Å². The summed E-state index contributed by atoms with van der Waals surface area (Å²) >= 11 is 3.29. The van der Waals surface area contributed by atoms with Gasteiger partial charge in [-0.25, -0.2) is 0 Å². The van der Waals surface area contributed by atoms with Gasteiger partial charge in [0, 0.05) is 22.8 Å². The third-order valence-electron chi connectivity index (χ3n) is 2.47. The maximum Gasteiger partial charge on any atom is 0.320 e. The normalized spacial score (nSPS) is 11.0. The molecule has 0 fully saturated rings. The van der Waals surface area contributed by atoms with E-state index in [0.717, 1.165) is 4.47 Å². The maximum absolute atomic E-state index is 12.1. The molecule has 116 valence electrons. The SMILES string of the molecule is CC(C)OC(=O)C(Cc1ccc(Br)cn1)C(=O)OC(C)C. The number of hydrogen-bond donors (Lipinski definition) is 0. The number of carbonyl (C=O) groups is 2. The molecule has 0 amide bonds. The van der Waals surface area contributed by atoms with Crippen LogP contribution in [0.2, 0.25) is 0 Å². The molecule has 0 atom stereocenters. The zero-order chi connectivity index (χ0) is 16.0. The van der Waals surface area contributed by atoms with Crippen molar-refractivity contribution in [3.8, 4) is 0 Å². The van der Waals surface area contributed by atoms with Crippen molar-refractivity contribution in [2.75, 3.05) is 0 Å². The van der Waals surface area contributed by atoms with Gasteiger partial charge >= 0.3 is 11.9 Å². The molecule has 1 aromatic heterocycles. The summed E-state index contributed by atoms with van der Waals surface area (Å²) in [4.78, 5) is 28.4. The number of hydrogen-bond acceptors (Lipinski definition) is 5. The number of rotatable bonds is 6. The first kappa shape index (κ1) is 17.6. The van der Waals surface area contributed by atoms with E-state index in [1.54, 1.807) is 46.0 Å². The molecule has 1 rings (SSSR count). The minimum atomic E-state index is -0.997. The Hall–Kier alpha value is -1.43. The first-order valence-electron chi connectivity index (χ1n) is 6.81. The van der Waals surface area contributed by atoms with Crippen LogP contribution in [0.4, 0.5) is 0 Å². The molecule has 0 unspecified atom stereocenters. The van der Waals surface area contributed by atoms with Gasteiger partial charge in [-0.3, -0.25) is 14.6 Å². The standard InChI is InChI=1S/C15H20BrNO4/c1-9(2)20-14(18)13(15(19)21-10(3)4)7-12-6-5-11(16)8-17-12/h5-6,8-10,13H,7H2,1-4H3. The van der Waals surface area contributed by atoms with Gasteiger partial charge in [0.1, 0.15) is 0 Å². The first-order chi connectivity index (χ1) is 9.79. The van der Waals surface area contributed by atoms with Crippen LogP contribution in [0.25, 0.3) is 0 Å². The molecular weight excluding hydrogens is 338 g/mol. The van der Waals surface area contributed by atoms with E-state index in [1.807, 2.05) is 0 Å². The van der Waals surface area contributed by atoms with Gasteiger partial charge in [-0.1, -0.05) is 0 Å². The summed E-state index contributed by atoms with van der Waals surface area (Å²) in [6.45, 7) is 6.95. The third kappa shape index (κ3) is 6.25. The lowest BCUT2D eigenvalue weighted by molar-refractivity contribution is -0.166. The Balaban J connectivity index is 2.87. The Kier molecular flexibility index (Phi) is 6.81. The van der Waals surface area contributed by atoms with Crippen LogP contribution in [-0.2, 0) is 25.5 Å². The van der Waals surface area contributed by atoms with E-state index < -0.39 is 17.9 Å². The van der Waals surface area contributed by atoms with Crippen LogP contribution in [0.15, 0.2) is 22.8 Å². The molecule has 0 aromatic carbocycles. The van der Waals surface area contributed by atoms with Gasteiger partial charge in [0.25, 0.3) is 0 Å². The lowest BCUT2D eigenvalue weighted by Gasteiger charge is -2.18. The smallest absolute Gasteiger partial charge is 0.320 e. The number of ether oxygens (including phenoxy) is 2. The highest BCUT2D eigenvalue weighted by Gasteiger charge is 2.31. The van der Waals surface area contributed by atoms with E-state index in [0.29, 0.717) is 5.69 Å². The largest absolute Gasteiger partial charge is 0.462 e. The monoisotopic (exact) mass is 357 g/mol. The summed E-state index contributed by atoms with van der Waals surface area (Å²) in [6.07, 6.45) is 1.20. The van der Waals surface area contributed by atoms with Crippen molar-refractivity contribution in [1.29, 1.82) is 0 Å². The molecule has 0 radical (unpaired) electrons. The fraction of sp³-hybridized carbons (Fsp3) is 0.533. The fourth-order valence-electron chi connectivity index (χ4n) is 1.63. The Morgan fingerprint density at radius 3 is 2.00 bits per heavy atom. The maximum atomic E-state index is 12.1. The quantitative estimate of drug-likeness (QED) is 0.578. The van der Waals surface area contributed by atoms with Gasteiger partial charge in [-0.15, -0.1) is 0 Å². The molecule has 0 N–H and O–H groups in total. The summed E-state index contributed by atoms with van der Waals surface area (Å²) in [5, 5.41) is 0. The molecule has 0 aliphatic heterocycles. The average Bonchev–Trinajstić information content (AvgIpc) is 2.36. The van der Waals surface area contributed by atoms with Gasteiger partial charge in [0.05, 0.1) is 12.2 Å². The van der Waals surface area contributed by atoms with Crippen LogP contribution >= 0.6 is 15.9 Å². The second-order valence-corrected chi connectivity index (χ2v) is 6.11. The van der Waals surface area contributed by atoms with Crippen LogP contribution < -0.4 is 0 Å². The summed E-state index contributed by atoms with van der Waals surface area (Å²) in [6, 6.07) is 3.56. The molecule has 0 aliphatic carbocycles. The van der Waals surface area contributed by atoms with Crippen LogP contribution in [-0.4, -0.2) is 29.1 Å². The second kappa shape index (κ2) is 8.12. The first-order valence-corrected chi connectivity index (χ1v) is 7.60. The lowest BCUT2D eigenvalue weighted by atomic mass is 10.0. The van der Waals surface area contributed by atoms with E-state index in [9.17, 15) is 9.59 Å². The molecule has 21 heavy (non-hydrogen) atoms. The minimum absolute atomic E-state index is 0.157. The molecule has 5 nitrogen and oxygen atoms in total. The summed E-state index contributed by atoms with van der Waals surface area (Å²) < 4.78 is 11.1. The molecule has 0 aliphatic rings. The Bertz CT molecular complexity index is 463. The minimum Gasteiger partial charge on any atom is -0.462 e. The molecule has 6 heteroatoms. The van der Waals surface area contributed by atoms with Crippen LogP contribution in [0, 0.1) is 5.92 Å². The van der Waals surface area contributed by atoms with Crippen molar-refractivity contribution < 1.29 is 19.1 Å². The van der Waals surface area contributed by atoms with E-state index in [2.05, 4.69) is 20.9 Å². The zero-order valence-electron chi connectivity index (χ0n) is 12.6. The number of esters is 2. The zero-order valence-corrected chi connectivity index (χ0v) is 14.2. The van der Waals surface area contributed by atoms with E-state index in [1.165, 1.54) is 0 Å². The van der Waals surface area contributed by atoms with Crippen molar-refractivity contribution >= 4 is 27.9 Å². The molecule has 1 aromatic rings. The van der Waals surface area contributed by atoms with E-state index in [4.69, 9.17) is 9.47 Å². The van der Waals surface area contributed by atoms with Crippen molar-refractivity contribution in [3.05, 3.63) is 28.5 Å². The van der Waals surface area contributed by atoms with Crippen LogP contribution in [0.5, 0.6) is 0 Å². The topological polar surface area (TPSA) is 65.5 Å². The van der Waals surface area contributed by atoms with Crippen molar-refractivity contribution in [3.63, 3.8) is 0 Å². The van der Waals surface area contributed by atoms with Crippen LogP contribution in [0.3, 0.4) is 0 Å².